The molecule has 27 heavy (non-hydrogen) atoms. The van der Waals surface area contributed by atoms with Gasteiger partial charge in [-0.25, -0.2) is 0 Å². The molecule has 4 atom stereocenters. The van der Waals surface area contributed by atoms with Crippen LogP contribution >= 0.6 is 0 Å². The van der Waals surface area contributed by atoms with Crippen molar-refractivity contribution in [1.29, 1.82) is 0 Å². The molecule has 3 nitrogen and oxygen atoms in total. The fourth-order valence-electron chi connectivity index (χ4n) is 6.55. The quantitative estimate of drug-likeness (QED) is 0.812. The van der Waals surface area contributed by atoms with E-state index < -0.39 is 0 Å². The molecule has 3 heteroatoms. The molecule has 0 aromatic heterocycles. The van der Waals surface area contributed by atoms with E-state index in [9.17, 15) is 0 Å². The summed E-state index contributed by atoms with van der Waals surface area (Å²) in [6, 6.07) is 15.6. The van der Waals surface area contributed by atoms with Crippen LogP contribution in [0.3, 0.4) is 0 Å². The third-order valence-electron chi connectivity index (χ3n) is 7.73. The van der Waals surface area contributed by atoms with Gasteiger partial charge in [0.05, 0.1) is 0 Å². The Labute approximate surface area is 161 Å². The van der Waals surface area contributed by atoms with Crippen LogP contribution in [0.1, 0.15) is 42.4 Å². The molecule has 1 saturated heterocycles. The van der Waals surface area contributed by atoms with Crippen LogP contribution in [0.2, 0.25) is 0 Å². The Morgan fingerprint density at radius 3 is 2.93 bits per heavy atom. The molecule has 0 amide bonds. The number of piperidine rings is 1. The van der Waals surface area contributed by atoms with Crippen LogP contribution in [0.25, 0.3) is 0 Å². The lowest BCUT2D eigenvalue weighted by atomic mass is 9.52. The Bertz CT molecular complexity index is 879. The van der Waals surface area contributed by atoms with Crippen molar-refractivity contribution in [2.45, 2.75) is 56.3 Å². The first-order valence-electron chi connectivity index (χ1n) is 10.5. The fraction of sp³-hybridized carbons (Fsp3) is 0.500. The lowest BCUT2D eigenvalue weighted by Gasteiger charge is -2.57. The summed E-state index contributed by atoms with van der Waals surface area (Å²) in [6.45, 7) is 1.79. The molecule has 2 aromatic carbocycles. The maximum Gasteiger partial charge on any atom is 0.165 e. The standard InChI is InChI=1S/C24H27NO2/c1-25-13-12-24-18-8-5-9-21(24)27-23-20(26-15-16-6-3-2-4-7-16)11-10-17(22(23)24)14-19(18)25/h2-4,6-7,10-11,18-19,21H,5,8-9,12-15H2,1H3/t18-,19+,21?,24+/m0/s1. The Morgan fingerprint density at radius 2 is 2.04 bits per heavy atom. The first kappa shape index (κ1) is 16.0. The monoisotopic (exact) mass is 361 g/mol. The zero-order valence-corrected chi connectivity index (χ0v) is 16.0. The maximum absolute atomic E-state index is 6.69. The highest BCUT2D eigenvalue weighted by Crippen LogP contribution is 2.63. The number of rotatable bonds is 3. The first-order valence-corrected chi connectivity index (χ1v) is 10.5. The molecule has 2 aromatic rings. The number of likely N-dealkylation sites (tertiary alicyclic amines) is 1. The van der Waals surface area contributed by atoms with Crippen LogP contribution in [-0.2, 0) is 18.4 Å². The second-order valence-corrected chi connectivity index (χ2v) is 8.89. The summed E-state index contributed by atoms with van der Waals surface area (Å²) in [4.78, 5) is 2.61. The minimum absolute atomic E-state index is 0.241. The molecule has 2 aliphatic heterocycles. The zero-order valence-electron chi connectivity index (χ0n) is 16.0. The Balaban J connectivity index is 1.43. The van der Waals surface area contributed by atoms with Gasteiger partial charge in [0.1, 0.15) is 12.7 Å². The summed E-state index contributed by atoms with van der Waals surface area (Å²) in [5.74, 6) is 2.76. The van der Waals surface area contributed by atoms with Crippen molar-refractivity contribution < 1.29 is 9.47 Å². The molecule has 2 bridgehead atoms. The number of hydrogen-bond acceptors (Lipinski definition) is 3. The largest absolute Gasteiger partial charge is 0.485 e. The SMILES string of the molecule is CN1CC[C@]23c4c5ccc(OCc6ccccc6)c4OC2CCC[C@H]3[C@H]1C5. The summed E-state index contributed by atoms with van der Waals surface area (Å²) < 4.78 is 13.0. The van der Waals surface area contributed by atoms with Crippen LogP contribution in [-0.4, -0.2) is 30.6 Å². The second kappa shape index (κ2) is 5.75. The van der Waals surface area contributed by atoms with Gasteiger partial charge in [0.25, 0.3) is 0 Å². The normalized spacial score (nSPS) is 33.3. The molecule has 2 heterocycles. The zero-order chi connectivity index (χ0) is 18.0. The van der Waals surface area contributed by atoms with E-state index >= 15 is 0 Å². The number of hydrogen-bond donors (Lipinski definition) is 0. The second-order valence-electron chi connectivity index (χ2n) is 8.89. The van der Waals surface area contributed by atoms with E-state index in [1.54, 1.807) is 0 Å². The van der Waals surface area contributed by atoms with Crippen molar-refractivity contribution in [3.8, 4) is 11.5 Å². The minimum Gasteiger partial charge on any atom is -0.485 e. The van der Waals surface area contributed by atoms with Crippen LogP contribution in [0.5, 0.6) is 11.5 Å². The van der Waals surface area contributed by atoms with Crippen LogP contribution in [0, 0.1) is 5.92 Å². The molecule has 6 rings (SSSR count). The lowest BCUT2D eigenvalue weighted by molar-refractivity contribution is -0.0427. The van der Waals surface area contributed by atoms with Gasteiger partial charge in [-0.3, -0.25) is 0 Å². The fourth-order valence-corrected chi connectivity index (χ4v) is 6.55. The van der Waals surface area contributed by atoms with Crippen LogP contribution < -0.4 is 9.47 Å². The molecule has 4 aliphatic rings. The lowest BCUT2D eigenvalue weighted by Crippen LogP contribution is -2.63. The smallest absolute Gasteiger partial charge is 0.165 e. The highest BCUT2D eigenvalue weighted by molar-refractivity contribution is 5.61. The third kappa shape index (κ3) is 2.12. The van der Waals surface area contributed by atoms with Gasteiger partial charge in [0.2, 0.25) is 0 Å². The molecule has 1 saturated carbocycles. The van der Waals surface area contributed by atoms with E-state index in [0.717, 1.165) is 17.4 Å². The Kier molecular flexibility index (Phi) is 3.41. The predicted molar refractivity (Wildman–Crippen MR) is 105 cm³/mol. The van der Waals surface area contributed by atoms with Crippen molar-refractivity contribution in [3.63, 3.8) is 0 Å². The number of likely N-dealkylation sites (N-methyl/N-ethyl adjacent to an activating group) is 1. The summed E-state index contributed by atoms with van der Waals surface area (Å²) in [6.07, 6.45) is 6.59. The van der Waals surface area contributed by atoms with Gasteiger partial charge < -0.3 is 14.4 Å². The molecular formula is C24H27NO2. The van der Waals surface area contributed by atoms with Gasteiger partial charge in [-0.1, -0.05) is 36.4 Å². The highest BCUT2D eigenvalue weighted by Gasteiger charge is 2.63. The van der Waals surface area contributed by atoms with Crippen LogP contribution in [0.4, 0.5) is 0 Å². The molecule has 2 aliphatic carbocycles. The minimum atomic E-state index is 0.241. The highest BCUT2D eigenvalue weighted by atomic mass is 16.5. The number of ether oxygens (including phenoxy) is 2. The molecule has 140 valence electrons. The summed E-state index contributed by atoms with van der Waals surface area (Å²) in [5.41, 5.74) is 4.47. The number of nitrogens with zero attached hydrogens (tertiary/aromatic N) is 1. The van der Waals surface area contributed by atoms with Crippen molar-refractivity contribution in [2.75, 3.05) is 13.6 Å². The molecule has 2 fully saturated rings. The average molecular weight is 361 g/mol. The summed E-state index contributed by atoms with van der Waals surface area (Å²) in [7, 11) is 2.32. The van der Waals surface area contributed by atoms with Crippen molar-refractivity contribution >= 4 is 0 Å². The van der Waals surface area contributed by atoms with E-state index in [1.807, 2.05) is 6.07 Å². The van der Waals surface area contributed by atoms with Gasteiger partial charge >= 0.3 is 0 Å². The molecule has 1 spiro atoms. The van der Waals surface area contributed by atoms with Gasteiger partial charge in [-0.2, -0.15) is 0 Å². The first-order chi connectivity index (χ1) is 13.3. The third-order valence-corrected chi connectivity index (χ3v) is 7.73. The molecule has 0 N–H and O–H groups in total. The Hall–Kier alpha value is -2.00. The van der Waals surface area contributed by atoms with E-state index in [1.165, 1.54) is 55.3 Å². The topological polar surface area (TPSA) is 21.7 Å². The maximum atomic E-state index is 6.69. The average Bonchev–Trinajstić information content (AvgIpc) is 3.05. The molecule has 1 unspecified atom stereocenters. The van der Waals surface area contributed by atoms with E-state index in [4.69, 9.17) is 9.47 Å². The van der Waals surface area contributed by atoms with E-state index in [0.29, 0.717) is 18.8 Å². The van der Waals surface area contributed by atoms with Gasteiger partial charge in [0, 0.05) is 17.0 Å². The predicted octanol–water partition coefficient (Wildman–Crippen LogP) is 4.32. The summed E-state index contributed by atoms with van der Waals surface area (Å²) in [5, 5.41) is 0. The van der Waals surface area contributed by atoms with E-state index in [-0.39, 0.29) is 5.41 Å². The van der Waals surface area contributed by atoms with Crippen molar-refractivity contribution in [3.05, 3.63) is 59.2 Å². The van der Waals surface area contributed by atoms with Gasteiger partial charge in [-0.05, 0) is 68.8 Å². The van der Waals surface area contributed by atoms with Crippen LogP contribution in [0.15, 0.2) is 42.5 Å². The Morgan fingerprint density at radius 1 is 1.15 bits per heavy atom. The van der Waals surface area contributed by atoms with Gasteiger partial charge in [-0.15, -0.1) is 0 Å². The van der Waals surface area contributed by atoms with Crippen molar-refractivity contribution in [1.82, 2.24) is 4.90 Å². The molecular weight excluding hydrogens is 334 g/mol. The van der Waals surface area contributed by atoms with Gasteiger partial charge in [0.15, 0.2) is 11.5 Å². The number of benzene rings is 2. The molecule has 0 radical (unpaired) electrons. The van der Waals surface area contributed by atoms with E-state index in [2.05, 4.69) is 48.3 Å². The van der Waals surface area contributed by atoms with Crippen molar-refractivity contribution in [2.24, 2.45) is 5.92 Å². The summed E-state index contributed by atoms with van der Waals surface area (Å²) >= 11 is 0.